The molecule has 0 spiro atoms. The third-order valence-electron chi connectivity index (χ3n) is 6.70. The molecule has 2 aromatic carbocycles. The summed E-state index contributed by atoms with van der Waals surface area (Å²) in [7, 11) is 0. The summed E-state index contributed by atoms with van der Waals surface area (Å²) in [4.78, 5) is 11.6. The SMILES string of the molecule is Cc1ccnc(-c2cc(-c3ccc(-c4ccc5c(c4)C(C)(C)c4ccccc4-5)s3)ccn2)c1. The molecule has 3 aromatic heterocycles. The van der Waals surface area contributed by atoms with Crippen LogP contribution in [0.25, 0.3) is 43.4 Å². The van der Waals surface area contributed by atoms with E-state index in [1.165, 1.54) is 48.7 Å². The summed E-state index contributed by atoms with van der Waals surface area (Å²) in [5, 5.41) is 0. The van der Waals surface area contributed by atoms with Crippen LogP contribution in [0.2, 0.25) is 0 Å². The fourth-order valence-corrected chi connectivity index (χ4v) is 5.90. The van der Waals surface area contributed by atoms with Gasteiger partial charge in [0.1, 0.15) is 0 Å². The quantitative estimate of drug-likeness (QED) is 0.280. The molecule has 3 heteroatoms. The van der Waals surface area contributed by atoms with E-state index in [9.17, 15) is 0 Å². The molecule has 3 heterocycles. The van der Waals surface area contributed by atoms with Crippen LogP contribution in [-0.2, 0) is 5.41 Å². The second kappa shape index (κ2) is 7.50. The first-order valence-electron chi connectivity index (χ1n) is 11.2. The van der Waals surface area contributed by atoms with Crippen molar-refractivity contribution in [3.8, 4) is 43.4 Å². The van der Waals surface area contributed by atoms with Crippen molar-refractivity contribution >= 4 is 11.3 Å². The van der Waals surface area contributed by atoms with E-state index < -0.39 is 0 Å². The molecule has 0 atom stereocenters. The standard InChI is InChI=1S/C30H24N2S/c1-19-12-14-31-26(16-19)27-18-21(13-15-32-27)29-11-10-28(33-29)20-8-9-23-22-6-4-5-7-24(22)30(2,3)25(23)17-20/h4-18H,1-3H3. The van der Waals surface area contributed by atoms with Gasteiger partial charge in [0.2, 0.25) is 0 Å². The number of fused-ring (bicyclic) bond motifs is 3. The number of aromatic nitrogens is 2. The van der Waals surface area contributed by atoms with Crippen LogP contribution in [0.3, 0.4) is 0 Å². The lowest BCUT2D eigenvalue weighted by molar-refractivity contribution is 0.660. The van der Waals surface area contributed by atoms with Crippen molar-refractivity contribution in [1.82, 2.24) is 9.97 Å². The Morgan fingerprint density at radius 2 is 1.30 bits per heavy atom. The molecule has 0 bridgehead atoms. The fourth-order valence-electron chi connectivity index (χ4n) is 4.91. The summed E-state index contributed by atoms with van der Waals surface area (Å²) in [6, 6.07) is 28.5. The molecule has 0 unspecified atom stereocenters. The molecule has 33 heavy (non-hydrogen) atoms. The monoisotopic (exact) mass is 444 g/mol. The van der Waals surface area contributed by atoms with Crippen molar-refractivity contribution in [2.75, 3.05) is 0 Å². The fraction of sp³-hybridized carbons (Fsp3) is 0.133. The van der Waals surface area contributed by atoms with Crippen molar-refractivity contribution in [1.29, 1.82) is 0 Å². The number of rotatable bonds is 3. The van der Waals surface area contributed by atoms with Crippen molar-refractivity contribution in [3.63, 3.8) is 0 Å². The molecular weight excluding hydrogens is 420 g/mol. The Hall–Kier alpha value is -3.56. The van der Waals surface area contributed by atoms with Gasteiger partial charge in [-0.05, 0) is 88.3 Å². The molecule has 6 rings (SSSR count). The lowest BCUT2D eigenvalue weighted by atomic mass is 9.82. The van der Waals surface area contributed by atoms with Gasteiger partial charge in [-0.3, -0.25) is 9.97 Å². The Bertz CT molecular complexity index is 1510. The van der Waals surface area contributed by atoms with Crippen molar-refractivity contribution < 1.29 is 0 Å². The third-order valence-corrected chi connectivity index (χ3v) is 7.88. The van der Waals surface area contributed by atoms with Crippen molar-refractivity contribution in [2.45, 2.75) is 26.2 Å². The number of thiophene rings is 1. The Morgan fingerprint density at radius 1 is 0.636 bits per heavy atom. The minimum absolute atomic E-state index is 0.0167. The average Bonchev–Trinajstić information content (AvgIpc) is 3.42. The van der Waals surface area contributed by atoms with Crippen LogP contribution in [0.5, 0.6) is 0 Å². The number of aryl methyl sites for hydroxylation is 1. The third kappa shape index (κ3) is 3.32. The molecule has 0 N–H and O–H groups in total. The van der Waals surface area contributed by atoms with Gasteiger partial charge in [0, 0.05) is 27.6 Å². The van der Waals surface area contributed by atoms with Crippen LogP contribution in [0.1, 0.15) is 30.5 Å². The Balaban J connectivity index is 1.37. The van der Waals surface area contributed by atoms with Gasteiger partial charge < -0.3 is 0 Å². The summed E-state index contributed by atoms with van der Waals surface area (Å²) >= 11 is 1.83. The molecule has 0 amide bonds. The predicted octanol–water partition coefficient (Wildman–Crippen LogP) is 8.15. The van der Waals surface area contributed by atoms with Gasteiger partial charge in [-0.15, -0.1) is 11.3 Å². The van der Waals surface area contributed by atoms with Crippen LogP contribution in [-0.4, -0.2) is 9.97 Å². The first-order chi connectivity index (χ1) is 16.0. The number of nitrogens with zero attached hydrogens (tertiary/aromatic N) is 2. The lowest BCUT2D eigenvalue weighted by Crippen LogP contribution is -2.14. The number of hydrogen-bond acceptors (Lipinski definition) is 3. The first-order valence-corrected chi connectivity index (χ1v) is 12.1. The van der Waals surface area contributed by atoms with Gasteiger partial charge in [0.25, 0.3) is 0 Å². The zero-order valence-corrected chi connectivity index (χ0v) is 19.8. The van der Waals surface area contributed by atoms with Crippen LogP contribution in [0.4, 0.5) is 0 Å². The zero-order chi connectivity index (χ0) is 22.6. The first kappa shape index (κ1) is 20.1. The van der Waals surface area contributed by atoms with Crippen molar-refractivity contribution in [2.24, 2.45) is 0 Å². The Labute approximate surface area is 198 Å². The summed E-state index contributed by atoms with van der Waals surface area (Å²) in [5.41, 5.74) is 11.0. The summed E-state index contributed by atoms with van der Waals surface area (Å²) in [6.07, 6.45) is 3.72. The van der Waals surface area contributed by atoms with E-state index in [0.29, 0.717) is 0 Å². The van der Waals surface area contributed by atoms with Crippen LogP contribution >= 0.6 is 11.3 Å². The zero-order valence-electron chi connectivity index (χ0n) is 19.0. The number of benzene rings is 2. The molecule has 0 fully saturated rings. The molecule has 5 aromatic rings. The van der Waals surface area contributed by atoms with E-state index in [0.717, 1.165) is 11.4 Å². The van der Waals surface area contributed by atoms with E-state index in [1.807, 2.05) is 29.8 Å². The van der Waals surface area contributed by atoms with E-state index >= 15 is 0 Å². The topological polar surface area (TPSA) is 25.8 Å². The smallest absolute Gasteiger partial charge is 0.0892 e. The lowest BCUT2D eigenvalue weighted by Gasteiger charge is -2.21. The predicted molar refractivity (Wildman–Crippen MR) is 139 cm³/mol. The molecule has 0 saturated heterocycles. The molecule has 2 nitrogen and oxygen atoms in total. The average molecular weight is 445 g/mol. The van der Waals surface area contributed by atoms with E-state index in [4.69, 9.17) is 0 Å². The van der Waals surface area contributed by atoms with E-state index in [2.05, 4.69) is 104 Å². The van der Waals surface area contributed by atoms with Gasteiger partial charge in [0.15, 0.2) is 0 Å². The molecule has 0 aliphatic heterocycles. The maximum absolute atomic E-state index is 4.56. The minimum atomic E-state index is 0.0167. The highest BCUT2D eigenvalue weighted by atomic mass is 32.1. The Kier molecular flexibility index (Phi) is 4.56. The van der Waals surface area contributed by atoms with Gasteiger partial charge in [-0.25, -0.2) is 0 Å². The molecule has 1 aliphatic carbocycles. The van der Waals surface area contributed by atoms with Crippen LogP contribution < -0.4 is 0 Å². The number of hydrogen-bond donors (Lipinski definition) is 0. The summed E-state index contributed by atoms with van der Waals surface area (Å²) < 4.78 is 0. The van der Waals surface area contributed by atoms with E-state index in [-0.39, 0.29) is 5.41 Å². The molecular formula is C30H24N2S. The van der Waals surface area contributed by atoms with Gasteiger partial charge in [0.05, 0.1) is 11.4 Å². The van der Waals surface area contributed by atoms with Crippen LogP contribution in [0.15, 0.2) is 91.3 Å². The maximum atomic E-state index is 4.56. The highest BCUT2D eigenvalue weighted by Crippen LogP contribution is 2.50. The minimum Gasteiger partial charge on any atom is -0.255 e. The van der Waals surface area contributed by atoms with Gasteiger partial charge >= 0.3 is 0 Å². The molecule has 160 valence electrons. The van der Waals surface area contributed by atoms with Crippen molar-refractivity contribution in [3.05, 3.63) is 108 Å². The molecule has 0 saturated carbocycles. The number of pyridine rings is 2. The van der Waals surface area contributed by atoms with Crippen LogP contribution in [0, 0.1) is 6.92 Å². The summed E-state index contributed by atoms with van der Waals surface area (Å²) in [6.45, 7) is 6.75. The molecule has 0 radical (unpaired) electrons. The largest absolute Gasteiger partial charge is 0.255 e. The highest BCUT2D eigenvalue weighted by Gasteiger charge is 2.35. The second-order valence-corrected chi connectivity index (χ2v) is 10.3. The highest BCUT2D eigenvalue weighted by molar-refractivity contribution is 7.18. The van der Waals surface area contributed by atoms with Gasteiger partial charge in [-0.1, -0.05) is 50.2 Å². The maximum Gasteiger partial charge on any atom is 0.0892 e. The Morgan fingerprint density at radius 3 is 2.09 bits per heavy atom. The second-order valence-electron chi connectivity index (χ2n) is 9.24. The summed E-state index contributed by atoms with van der Waals surface area (Å²) in [5.74, 6) is 0. The molecule has 1 aliphatic rings. The van der Waals surface area contributed by atoms with E-state index in [1.54, 1.807) is 0 Å². The normalized spacial score (nSPS) is 13.5. The van der Waals surface area contributed by atoms with Gasteiger partial charge in [-0.2, -0.15) is 0 Å².